The molecule has 20 heavy (non-hydrogen) atoms. The Labute approximate surface area is 121 Å². The normalized spacial score (nSPS) is 14.2. The van der Waals surface area contributed by atoms with Crippen molar-refractivity contribution >= 4 is 35.1 Å². The number of amides is 2. The molecular weight excluding hydrogens is 284 g/mol. The van der Waals surface area contributed by atoms with E-state index in [0.717, 1.165) is 0 Å². The van der Waals surface area contributed by atoms with Crippen molar-refractivity contribution in [2.24, 2.45) is 0 Å². The van der Waals surface area contributed by atoms with Crippen molar-refractivity contribution in [3.8, 4) is 0 Å². The molecule has 0 radical (unpaired) electrons. The number of anilines is 2. The highest BCUT2D eigenvalue weighted by atomic mass is 35.5. The highest BCUT2D eigenvalue weighted by Crippen LogP contribution is 2.39. The Morgan fingerprint density at radius 3 is 2.50 bits per heavy atom. The van der Waals surface area contributed by atoms with Gasteiger partial charge in [0, 0.05) is 6.92 Å². The third-order valence-corrected chi connectivity index (χ3v) is 2.84. The lowest BCUT2D eigenvalue weighted by Crippen LogP contribution is -2.40. The zero-order chi connectivity index (χ0) is 15.1. The van der Waals surface area contributed by atoms with E-state index in [4.69, 9.17) is 16.3 Å². The summed E-state index contributed by atoms with van der Waals surface area (Å²) in [6.07, 6.45) is 0.652. The van der Waals surface area contributed by atoms with E-state index in [2.05, 4.69) is 9.97 Å². The van der Waals surface area contributed by atoms with Crippen LogP contribution in [-0.4, -0.2) is 34.2 Å². The summed E-state index contributed by atoms with van der Waals surface area (Å²) in [5.74, 6) is 0.0171. The van der Waals surface area contributed by atoms with Crippen LogP contribution in [0.15, 0.2) is 6.33 Å². The Morgan fingerprint density at radius 2 is 1.95 bits per heavy atom. The van der Waals surface area contributed by atoms with E-state index in [1.807, 2.05) is 0 Å². The van der Waals surface area contributed by atoms with Gasteiger partial charge in [0.25, 0.3) is 0 Å². The maximum Gasteiger partial charge on any atom is 0.417 e. The molecule has 0 spiro atoms. The van der Waals surface area contributed by atoms with Crippen molar-refractivity contribution in [1.29, 1.82) is 0 Å². The lowest BCUT2D eigenvalue weighted by atomic mass is 10.2. The van der Waals surface area contributed by atoms with Gasteiger partial charge in [-0.2, -0.15) is 0 Å². The number of ether oxygens (including phenoxy) is 1. The maximum absolute atomic E-state index is 12.2. The summed E-state index contributed by atoms with van der Waals surface area (Å²) in [5, 5.41) is 0.122. The fourth-order valence-corrected chi connectivity index (χ4v) is 2.01. The Balaban J connectivity index is 2.38. The molecule has 0 N–H and O–H groups in total. The number of hydrogen-bond donors (Lipinski definition) is 0. The van der Waals surface area contributed by atoms with Gasteiger partial charge in [0.15, 0.2) is 11.0 Å². The van der Waals surface area contributed by atoms with Crippen molar-refractivity contribution in [3.63, 3.8) is 0 Å². The third-order valence-electron chi connectivity index (χ3n) is 2.56. The minimum Gasteiger partial charge on any atom is -0.443 e. The highest BCUT2D eigenvalue weighted by molar-refractivity contribution is 6.33. The van der Waals surface area contributed by atoms with Crippen LogP contribution >= 0.6 is 11.6 Å². The number of halogens is 1. The zero-order valence-corrected chi connectivity index (χ0v) is 12.4. The molecule has 7 nitrogen and oxygen atoms in total. The summed E-state index contributed by atoms with van der Waals surface area (Å²) in [7, 11) is 0. The highest BCUT2D eigenvalue weighted by Gasteiger charge is 2.38. The fourth-order valence-electron chi connectivity index (χ4n) is 1.78. The van der Waals surface area contributed by atoms with Crippen LogP contribution in [0.4, 0.5) is 16.3 Å². The first-order chi connectivity index (χ1) is 9.20. The molecule has 0 fully saturated rings. The number of hydrogen-bond acceptors (Lipinski definition) is 5. The summed E-state index contributed by atoms with van der Waals surface area (Å²) in [6.45, 7) is 6.68. The molecule has 2 amide bonds. The summed E-state index contributed by atoms with van der Waals surface area (Å²) in [5.41, 5.74) is -0.315. The van der Waals surface area contributed by atoms with Crippen LogP contribution in [0, 0.1) is 0 Å². The van der Waals surface area contributed by atoms with Gasteiger partial charge in [-0.25, -0.2) is 19.7 Å². The van der Waals surface area contributed by atoms with E-state index in [-0.39, 0.29) is 23.5 Å². The van der Waals surface area contributed by atoms with E-state index in [1.54, 1.807) is 20.8 Å². The zero-order valence-electron chi connectivity index (χ0n) is 11.7. The minimum absolute atomic E-state index is 0.0119. The van der Waals surface area contributed by atoms with Crippen LogP contribution in [0.2, 0.25) is 5.15 Å². The predicted molar refractivity (Wildman–Crippen MR) is 73.8 cm³/mol. The van der Waals surface area contributed by atoms with Gasteiger partial charge in [0.1, 0.15) is 24.3 Å². The van der Waals surface area contributed by atoms with E-state index in [1.165, 1.54) is 23.1 Å². The second kappa shape index (κ2) is 4.90. The van der Waals surface area contributed by atoms with Gasteiger partial charge in [-0.3, -0.25) is 9.69 Å². The van der Waals surface area contributed by atoms with Crippen molar-refractivity contribution in [1.82, 2.24) is 9.97 Å². The molecule has 1 aliphatic heterocycles. The molecular formula is C12H15ClN4O3. The second-order valence-corrected chi connectivity index (χ2v) is 5.69. The van der Waals surface area contributed by atoms with Crippen LogP contribution in [0.1, 0.15) is 27.7 Å². The number of aromatic nitrogens is 2. The fraction of sp³-hybridized carbons (Fsp3) is 0.500. The van der Waals surface area contributed by atoms with Gasteiger partial charge in [-0.05, 0) is 20.8 Å². The first kappa shape index (κ1) is 14.5. The lowest BCUT2D eigenvalue weighted by Gasteiger charge is -2.24. The van der Waals surface area contributed by atoms with Crippen molar-refractivity contribution in [3.05, 3.63) is 11.5 Å². The second-order valence-electron chi connectivity index (χ2n) is 5.33. The van der Waals surface area contributed by atoms with Crippen molar-refractivity contribution in [2.75, 3.05) is 16.5 Å². The molecule has 0 aliphatic carbocycles. The molecule has 1 aromatic heterocycles. The van der Waals surface area contributed by atoms with Crippen molar-refractivity contribution in [2.45, 2.75) is 33.3 Å². The molecule has 108 valence electrons. The van der Waals surface area contributed by atoms with Gasteiger partial charge < -0.3 is 4.74 Å². The Bertz CT molecular complexity index is 570. The molecule has 0 aromatic carbocycles. The molecule has 0 unspecified atom stereocenters. The molecule has 2 heterocycles. The number of nitrogens with zero attached hydrogens (tertiary/aromatic N) is 4. The maximum atomic E-state index is 12.2. The van der Waals surface area contributed by atoms with E-state index in [9.17, 15) is 9.59 Å². The van der Waals surface area contributed by atoms with Crippen LogP contribution in [0.5, 0.6) is 0 Å². The van der Waals surface area contributed by atoms with Crippen LogP contribution in [-0.2, 0) is 9.53 Å². The summed E-state index contributed by atoms with van der Waals surface area (Å²) < 4.78 is 5.29. The van der Waals surface area contributed by atoms with Crippen molar-refractivity contribution < 1.29 is 14.3 Å². The smallest absolute Gasteiger partial charge is 0.417 e. The van der Waals surface area contributed by atoms with Gasteiger partial charge >= 0.3 is 6.09 Å². The summed E-state index contributed by atoms with van der Waals surface area (Å²) in [6, 6.07) is 0. The van der Waals surface area contributed by atoms with E-state index >= 15 is 0 Å². The number of fused-ring (bicyclic) bond motifs is 1. The van der Waals surface area contributed by atoms with Gasteiger partial charge in [-0.15, -0.1) is 0 Å². The summed E-state index contributed by atoms with van der Waals surface area (Å²) in [4.78, 5) is 34.3. The first-order valence-corrected chi connectivity index (χ1v) is 6.37. The Hall–Kier alpha value is -1.89. The number of carbonyl (C=O) groups is 2. The average Bonchev–Trinajstić information content (AvgIpc) is 2.67. The molecule has 0 saturated heterocycles. The number of carbonyl (C=O) groups excluding carboxylic acids is 2. The van der Waals surface area contributed by atoms with E-state index in [0.29, 0.717) is 5.69 Å². The van der Waals surface area contributed by atoms with E-state index < -0.39 is 11.7 Å². The van der Waals surface area contributed by atoms with Gasteiger partial charge in [0.2, 0.25) is 5.91 Å². The molecule has 2 rings (SSSR count). The molecule has 0 atom stereocenters. The SMILES string of the molecule is CC(=O)N1CN(C(=O)OC(C)(C)C)c2ncnc(Cl)c21. The molecule has 1 aromatic rings. The van der Waals surface area contributed by atoms with Gasteiger partial charge in [-0.1, -0.05) is 11.6 Å². The standard InChI is InChI=1S/C12H15ClN4O3/c1-7(18)16-6-17(11(19)20-12(2,3)4)10-8(16)9(13)14-5-15-10/h5H,6H2,1-4H3. The molecule has 1 aliphatic rings. The summed E-state index contributed by atoms with van der Waals surface area (Å²) >= 11 is 5.99. The largest absolute Gasteiger partial charge is 0.443 e. The molecule has 8 heteroatoms. The third kappa shape index (κ3) is 2.67. The Kier molecular flexibility index (Phi) is 3.56. The average molecular weight is 299 g/mol. The predicted octanol–water partition coefficient (Wildman–Crippen LogP) is 2.20. The topological polar surface area (TPSA) is 75.6 Å². The monoisotopic (exact) mass is 298 g/mol. The quantitative estimate of drug-likeness (QED) is 0.686. The molecule has 0 bridgehead atoms. The minimum atomic E-state index is -0.641. The van der Waals surface area contributed by atoms with Crippen LogP contribution in [0.3, 0.4) is 0 Å². The Morgan fingerprint density at radius 1 is 1.30 bits per heavy atom. The molecule has 0 saturated carbocycles. The lowest BCUT2D eigenvalue weighted by molar-refractivity contribution is -0.116. The van der Waals surface area contributed by atoms with Crippen LogP contribution < -0.4 is 9.80 Å². The number of rotatable bonds is 0. The van der Waals surface area contributed by atoms with Gasteiger partial charge in [0.05, 0.1) is 0 Å². The van der Waals surface area contributed by atoms with Crippen LogP contribution in [0.25, 0.3) is 0 Å². The first-order valence-electron chi connectivity index (χ1n) is 6.00.